The number of ether oxygens (including phenoxy) is 1. The van der Waals surface area contributed by atoms with Gasteiger partial charge >= 0.3 is 5.97 Å². The Morgan fingerprint density at radius 1 is 1.23 bits per heavy atom. The maximum absolute atomic E-state index is 11.7. The van der Waals surface area contributed by atoms with E-state index in [0.717, 1.165) is 35.1 Å². The van der Waals surface area contributed by atoms with E-state index in [4.69, 9.17) is 21.3 Å². The molecule has 8 heteroatoms. The number of rotatable bonds is 6. The molecule has 4 rings (SSSR count). The second-order valence-electron chi connectivity index (χ2n) is 7.62. The Kier molecular flexibility index (Phi) is 6.47. The van der Waals surface area contributed by atoms with Crippen LogP contribution in [0.1, 0.15) is 57.1 Å². The number of hydrogen-bond acceptors (Lipinski definition) is 6. The van der Waals surface area contributed by atoms with E-state index < -0.39 is 0 Å². The molecule has 0 atom stereocenters. The topological polar surface area (TPSA) is 81.9 Å². The van der Waals surface area contributed by atoms with Crippen LogP contribution in [-0.2, 0) is 16.0 Å². The number of halogens is 1. The lowest BCUT2D eigenvalue weighted by Crippen LogP contribution is -2.11. The standard InChI is InChI=1S/C22H26ClN5O2/c1-2-30-20(29)11-15-9-10-17(12-19(15)23)26-22-24-13-16-14-25-28(21(16)27-22)18-7-5-3-4-6-8-18/h9-10,12-14,18H,2-8,11H2,1H3,(H,24,26,27). The van der Waals surface area contributed by atoms with Crippen molar-refractivity contribution in [3.63, 3.8) is 0 Å². The summed E-state index contributed by atoms with van der Waals surface area (Å²) in [7, 11) is 0. The summed E-state index contributed by atoms with van der Waals surface area (Å²) in [6.45, 7) is 2.14. The molecule has 2 aromatic heterocycles. The van der Waals surface area contributed by atoms with E-state index in [9.17, 15) is 4.79 Å². The first-order chi connectivity index (χ1) is 14.6. The molecule has 0 unspecified atom stereocenters. The van der Waals surface area contributed by atoms with Crippen LogP contribution in [0.2, 0.25) is 5.02 Å². The summed E-state index contributed by atoms with van der Waals surface area (Å²) >= 11 is 6.36. The van der Waals surface area contributed by atoms with Crippen LogP contribution in [0.15, 0.2) is 30.6 Å². The minimum atomic E-state index is -0.291. The fourth-order valence-corrected chi connectivity index (χ4v) is 4.18. The van der Waals surface area contributed by atoms with E-state index in [0.29, 0.717) is 23.6 Å². The number of esters is 1. The number of anilines is 2. The van der Waals surface area contributed by atoms with Gasteiger partial charge in [-0.1, -0.05) is 43.4 Å². The second kappa shape index (κ2) is 9.43. The predicted molar refractivity (Wildman–Crippen MR) is 117 cm³/mol. The predicted octanol–water partition coefficient (Wildman–Crippen LogP) is 5.22. The zero-order valence-electron chi connectivity index (χ0n) is 17.1. The SMILES string of the molecule is CCOC(=O)Cc1ccc(Nc2ncc3cnn(C4CCCCCC4)c3n2)cc1Cl. The summed E-state index contributed by atoms with van der Waals surface area (Å²) in [4.78, 5) is 20.8. The van der Waals surface area contributed by atoms with Gasteiger partial charge in [-0.15, -0.1) is 0 Å². The van der Waals surface area contributed by atoms with Crippen LogP contribution in [0, 0.1) is 0 Å². The molecule has 0 saturated heterocycles. The Labute approximate surface area is 180 Å². The highest BCUT2D eigenvalue weighted by Gasteiger charge is 2.18. The molecule has 0 bridgehead atoms. The summed E-state index contributed by atoms with van der Waals surface area (Å²) in [6, 6.07) is 5.84. The van der Waals surface area contributed by atoms with E-state index in [2.05, 4.69) is 20.1 Å². The van der Waals surface area contributed by atoms with E-state index in [-0.39, 0.29) is 12.4 Å². The molecular formula is C22H26ClN5O2. The molecule has 1 aliphatic carbocycles. The third-order valence-electron chi connectivity index (χ3n) is 5.45. The zero-order chi connectivity index (χ0) is 20.9. The number of benzene rings is 1. The first kappa shape index (κ1) is 20.6. The van der Waals surface area contributed by atoms with Crippen molar-refractivity contribution in [1.29, 1.82) is 0 Å². The summed E-state index contributed by atoms with van der Waals surface area (Å²) in [6.07, 6.45) is 11.1. The van der Waals surface area contributed by atoms with Gasteiger partial charge in [-0.05, 0) is 37.5 Å². The lowest BCUT2D eigenvalue weighted by atomic mass is 10.1. The number of carbonyl (C=O) groups excluding carboxylic acids is 1. The summed E-state index contributed by atoms with van der Waals surface area (Å²) in [5, 5.41) is 9.24. The lowest BCUT2D eigenvalue weighted by Gasteiger charge is -2.15. The molecule has 0 amide bonds. The van der Waals surface area contributed by atoms with Gasteiger partial charge < -0.3 is 10.1 Å². The highest BCUT2D eigenvalue weighted by Crippen LogP contribution is 2.29. The molecule has 0 spiro atoms. The molecule has 1 aromatic carbocycles. The minimum Gasteiger partial charge on any atom is -0.466 e. The molecule has 1 saturated carbocycles. The van der Waals surface area contributed by atoms with Gasteiger partial charge in [0.25, 0.3) is 0 Å². The molecule has 1 aliphatic rings. The number of carbonyl (C=O) groups is 1. The van der Waals surface area contributed by atoms with Crippen molar-refractivity contribution in [2.24, 2.45) is 0 Å². The minimum absolute atomic E-state index is 0.149. The van der Waals surface area contributed by atoms with E-state index in [1.807, 2.05) is 18.3 Å². The normalized spacial score (nSPS) is 15.1. The molecule has 2 heterocycles. The zero-order valence-corrected chi connectivity index (χ0v) is 17.9. The van der Waals surface area contributed by atoms with Crippen LogP contribution in [-0.4, -0.2) is 32.3 Å². The van der Waals surface area contributed by atoms with Crippen LogP contribution in [0.5, 0.6) is 0 Å². The average molecular weight is 428 g/mol. The Hall–Kier alpha value is -2.67. The van der Waals surface area contributed by atoms with Crippen molar-refractivity contribution in [3.8, 4) is 0 Å². The smallest absolute Gasteiger partial charge is 0.310 e. The largest absolute Gasteiger partial charge is 0.466 e. The first-order valence-corrected chi connectivity index (χ1v) is 10.9. The van der Waals surface area contributed by atoms with Crippen molar-refractivity contribution < 1.29 is 9.53 Å². The van der Waals surface area contributed by atoms with Crippen LogP contribution >= 0.6 is 11.6 Å². The van der Waals surface area contributed by atoms with Crippen molar-refractivity contribution >= 4 is 40.2 Å². The van der Waals surface area contributed by atoms with Gasteiger partial charge in [0.15, 0.2) is 5.65 Å². The van der Waals surface area contributed by atoms with Gasteiger partial charge in [0.2, 0.25) is 5.95 Å². The number of aromatic nitrogens is 4. The van der Waals surface area contributed by atoms with Crippen LogP contribution in [0.3, 0.4) is 0 Å². The van der Waals surface area contributed by atoms with Crippen molar-refractivity contribution in [2.45, 2.75) is 57.9 Å². The Bertz CT molecular complexity index is 1030. The third kappa shape index (κ3) is 4.73. The quantitative estimate of drug-likeness (QED) is 0.428. The molecule has 0 aliphatic heterocycles. The van der Waals surface area contributed by atoms with Crippen LogP contribution < -0.4 is 5.32 Å². The van der Waals surface area contributed by atoms with Gasteiger partial charge in [-0.2, -0.15) is 10.1 Å². The Morgan fingerprint density at radius 2 is 2.03 bits per heavy atom. The monoisotopic (exact) mass is 427 g/mol. The molecule has 3 aromatic rings. The summed E-state index contributed by atoms with van der Waals surface area (Å²) in [5.74, 6) is 0.202. The van der Waals surface area contributed by atoms with Crippen LogP contribution in [0.25, 0.3) is 11.0 Å². The van der Waals surface area contributed by atoms with Crippen molar-refractivity contribution in [3.05, 3.63) is 41.2 Å². The Balaban J connectivity index is 1.53. The van der Waals surface area contributed by atoms with E-state index >= 15 is 0 Å². The maximum atomic E-state index is 11.7. The van der Waals surface area contributed by atoms with Gasteiger partial charge in [0.05, 0.1) is 30.7 Å². The first-order valence-electron chi connectivity index (χ1n) is 10.6. The fourth-order valence-electron chi connectivity index (χ4n) is 3.93. The fraction of sp³-hybridized carbons (Fsp3) is 0.455. The average Bonchev–Trinajstić information content (AvgIpc) is 2.95. The number of fused-ring (bicyclic) bond motifs is 1. The molecule has 0 radical (unpaired) electrons. The molecule has 1 fully saturated rings. The third-order valence-corrected chi connectivity index (χ3v) is 5.81. The molecule has 7 nitrogen and oxygen atoms in total. The Morgan fingerprint density at radius 3 is 2.77 bits per heavy atom. The van der Waals surface area contributed by atoms with Gasteiger partial charge in [-0.25, -0.2) is 9.67 Å². The van der Waals surface area contributed by atoms with E-state index in [1.165, 1.54) is 25.7 Å². The van der Waals surface area contributed by atoms with Crippen molar-refractivity contribution in [2.75, 3.05) is 11.9 Å². The second-order valence-corrected chi connectivity index (χ2v) is 8.03. The highest BCUT2D eigenvalue weighted by molar-refractivity contribution is 6.31. The molecular weight excluding hydrogens is 402 g/mol. The van der Waals surface area contributed by atoms with Gasteiger partial charge in [0.1, 0.15) is 0 Å². The number of hydrogen-bond donors (Lipinski definition) is 1. The van der Waals surface area contributed by atoms with Gasteiger partial charge in [0, 0.05) is 16.9 Å². The maximum Gasteiger partial charge on any atom is 0.310 e. The highest BCUT2D eigenvalue weighted by atomic mass is 35.5. The number of nitrogens with zero attached hydrogens (tertiary/aromatic N) is 4. The summed E-state index contributed by atoms with van der Waals surface area (Å²) < 4.78 is 7.05. The molecule has 30 heavy (non-hydrogen) atoms. The molecule has 158 valence electrons. The van der Waals surface area contributed by atoms with Crippen molar-refractivity contribution in [1.82, 2.24) is 19.7 Å². The van der Waals surface area contributed by atoms with E-state index in [1.54, 1.807) is 19.2 Å². The van der Waals surface area contributed by atoms with Crippen LogP contribution in [0.4, 0.5) is 11.6 Å². The number of nitrogens with one attached hydrogen (secondary N) is 1. The molecule has 1 N–H and O–H groups in total. The lowest BCUT2D eigenvalue weighted by molar-refractivity contribution is -0.142. The van der Waals surface area contributed by atoms with Gasteiger partial charge in [-0.3, -0.25) is 4.79 Å². The summed E-state index contributed by atoms with van der Waals surface area (Å²) in [5.41, 5.74) is 2.33.